The number of halogens is 1. The SMILES string of the molecule is CC(Cl)c1nnnn1C1(C)CCCCC1. The third kappa shape index (κ3) is 2.00. The van der Waals surface area contributed by atoms with E-state index < -0.39 is 0 Å². The average Bonchev–Trinajstić information content (AvgIpc) is 2.67. The molecule has 0 aromatic carbocycles. The van der Waals surface area contributed by atoms with Gasteiger partial charge < -0.3 is 0 Å². The highest BCUT2D eigenvalue weighted by Gasteiger charge is 2.33. The van der Waals surface area contributed by atoms with Gasteiger partial charge in [-0.1, -0.05) is 19.3 Å². The maximum Gasteiger partial charge on any atom is 0.169 e. The lowest BCUT2D eigenvalue weighted by atomic mass is 9.83. The quantitative estimate of drug-likeness (QED) is 0.731. The van der Waals surface area contributed by atoms with Crippen molar-refractivity contribution in [1.29, 1.82) is 0 Å². The van der Waals surface area contributed by atoms with E-state index in [1.807, 2.05) is 11.6 Å². The molecule has 2 rings (SSSR count). The molecule has 0 N–H and O–H groups in total. The Bertz CT molecular complexity index is 328. The van der Waals surface area contributed by atoms with Crippen LogP contribution in [-0.2, 0) is 5.54 Å². The fraction of sp³-hybridized carbons (Fsp3) is 0.900. The monoisotopic (exact) mass is 228 g/mol. The molecule has 0 spiro atoms. The Morgan fingerprint density at radius 1 is 1.33 bits per heavy atom. The van der Waals surface area contributed by atoms with Gasteiger partial charge >= 0.3 is 0 Å². The van der Waals surface area contributed by atoms with Crippen LogP contribution in [0.15, 0.2) is 0 Å². The molecule has 1 atom stereocenters. The van der Waals surface area contributed by atoms with Crippen LogP contribution in [0, 0.1) is 0 Å². The van der Waals surface area contributed by atoms with Gasteiger partial charge in [0.2, 0.25) is 0 Å². The maximum absolute atomic E-state index is 6.07. The molecule has 1 aliphatic carbocycles. The van der Waals surface area contributed by atoms with E-state index in [-0.39, 0.29) is 10.9 Å². The molecule has 0 saturated heterocycles. The number of hydrogen-bond acceptors (Lipinski definition) is 3. The third-order valence-electron chi connectivity index (χ3n) is 3.29. The zero-order valence-electron chi connectivity index (χ0n) is 9.28. The Morgan fingerprint density at radius 3 is 2.60 bits per heavy atom. The summed E-state index contributed by atoms with van der Waals surface area (Å²) in [5.74, 6) is 0.793. The lowest BCUT2D eigenvalue weighted by Crippen LogP contribution is -2.35. The Kier molecular flexibility index (Phi) is 2.96. The molecule has 1 aromatic heterocycles. The summed E-state index contributed by atoms with van der Waals surface area (Å²) in [7, 11) is 0. The van der Waals surface area contributed by atoms with Gasteiger partial charge in [0, 0.05) is 0 Å². The molecule has 1 aromatic rings. The van der Waals surface area contributed by atoms with Crippen molar-refractivity contribution in [3.63, 3.8) is 0 Å². The first-order valence-corrected chi connectivity index (χ1v) is 6.00. The van der Waals surface area contributed by atoms with Gasteiger partial charge in [0.15, 0.2) is 5.82 Å². The second-order valence-electron chi connectivity index (χ2n) is 4.62. The zero-order chi connectivity index (χ0) is 10.9. The molecule has 0 amide bonds. The van der Waals surface area contributed by atoms with E-state index in [0.717, 1.165) is 18.7 Å². The van der Waals surface area contributed by atoms with Crippen LogP contribution in [0.25, 0.3) is 0 Å². The molecule has 1 fully saturated rings. The Balaban J connectivity index is 2.30. The summed E-state index contributed by atoms with van der Waals surface area (Å²) < 4.78 is 1.93. The highest BCUT2D eigenvalue weighted by molar-refractivity contribution is 6.20. The number of nitrogens with zero attached hydrogens (tertiary/aromatic N) is 4. The van der Waals surface area contributed by atoms with E-state index >= 15 is 0 Å². The van der Waals surface area contributed by atoms with Crippen molar-refractivity contribution >= 4 is 11.6 Å². The van der Waals surface area contributed by atoms with Crippen molar-refractivity contribution in [3.8, 4) is 0 Å². The van der Waals surface area contributed by atoms with Crippen LogP contribution in [0.2, 0.25) is 0 Å². The number of alkyl halides is 1. The van der Waals surface area contributed by atoms with Crippen LogP contribution in [0.1, 0.15) is 57.2 Å². The van der Waals surface area contributed by atoms with Crippen LogP contribution in [0.4, 0.5) is 0 Å². The molecule has 1 heterocycles. The maximum atomic E-state index is 6.07. The first-order valence-electron chi connectivity index (χ1n) is 5.56. The van der Waals surface area contributed by atoms with Gasteiger partial charge in [-0.05, 0) is 37.1 Å². The summed E-state index contributed by atoms with van der Waals surface area (Å²) in [6.45, 7) is 4.14. The predicted molar refractivity (Wildman–Crippen MR) is 58.8 cm³/mol. The normalized spacial score (nSPS) is 22.6. The molecule has 1 unspecified atom stereocenters. The van der Waals surface area contributed by atoms with Crippen molar-refractivity contribution < 1.29 is 0 Å². The van der Waals surface area contributed by atoms with E-state index in [2.05, 4.69) is 22.4 Å². The van der Waals surface area contributed by atoms with Crippen LogP contribution in [-0.4, -0.2) is 20.2 Å². The van der Waals surface area contributed by atoms with Gasteiger partial charge in [0.1, 0.15) is 0 Å². The van der Waals surface area contributed by atoms with Gasteiger partial charge in [-0.2, -0.15) is 0 Å². The predicted octanol–water partition coefficient (Wildman–Crippen LogP) is 2.65. The molecule has 4 nitrogen and oxygen atoms in total. The molecule has 1 aliphatic rings. The molecular weight excluding hydrogens is 212 g/mol. The van der Waals surface area contributed by atoms with Crippen LogP contribution in [0.5, 0.6) is 0 Å². The summed E-state index contributed by atoms with van der Waals surface area (Å²) in [5.41, 5.74) is 0.0697. The number of tetrazole rings is 1. The minimum atomic E-state index is -0.126. The third-order valence-corrected chi connectivity index (χ3v) is 3.49. The van der Waals surface area contributed by atoms with E-state index in [9.17, 15) is 0 Å². The van der Waals surface area contributed by atoms with Crippen LogP contribution >= 0.6 is 11.6 Å². The average molecular weight is 229 g/mol. The van der Waals surface area contributed by atoms with Crippen LogP contribution in [0.3, 0.4) is 0 Å². The smallest absolute Gasteiger partial charge is 0.169 e. The summed E-state index contributed by atoms with van der Waals surface area (Å²) in [5, 5.41) is 11.7. The Morgan fingerprint density at radius 2 is 2.00 bits per heavy atom. The lowest BCUT2D eigenvalue weighted by molar-refractivity contribution is 0.188. The van der Waals surface area contributed by atoms with Crippen molar-refractivity contribution in [1.82, 2.24) is 20.2 Å². The topological polar surface area (TPSA) is 43.6 Å². The molecule has 15 heavy (non-hydrogen) atoms. The van der Waals surface area contributed by atoms with Crippen molar-refractivity contribution in [2.24, 2.45) is 0 Å². The van der Waals surface area contributed by atoms with Gasteiger partial charge in [-0.25, -0.2) is 4.68 Å². The van der Waals surface area contributed by atoms with Crippen LogP contribution < -0.4 is 0 Å². The number of rotatable bonds is 2. The molecule has 84 valence electrons. The summed E-state index contributed by atoms with van der Waals surface area (Å²) >= 11 is 6.07. The van der Waals surface area contributed by atoms with E-state index in [0.29, 0.717) is 0 Å². The second kappa shape index (κ2) is 4.08. The second-order valence-corrected chi connectivity index (χ2v) is 5.28. The molecular formula is C10H17ClN4. The highest BCUT2D eigenvalue weighted by Crippen LogP contribution is 2.35. The standard InChI is InChI=1S/C10H17ClN4/c1-8(11)9-12-13-14-15(9)10(2)6-4-3-5-7-10/h8H,3-7H2,1-2H3. The zero-order valence-corrected chi connectivity index (χ0v) is 10.0. The molecule has 5 heteroatoms. The largest absolute Gasteiger partial charge is 0.222 e. The molecule has 0 aliphatic heterocycles. The van der Waals surface area contributed by atoms with Gasteiger partial charge in [0.05, 0.1) is 10.9 Å². The van der Waals surface area contributed by atoms with E-state index in [1.54, 1.807) is 0 Å². The number of aromatic nitrogens is 4. The molecule has 0 radical (unpaired) electrons. The summed E-state index contributed by atoms with van der Waals surface area (Å²) in [6, 6.07) is 0. The number of hydrogen-bond donors (Lipinski definition) is 0. The fourth-order valence-corrected chi connectivity index (χ4v) is 2.49. The highest BCUT2D eigenvalue weighted by atomic mass is 35.5. The Hall–Kier alpha value is -0.640. The van der Waals surface area contributed by atoms with Gasteiger partial charge in [-0.15, -0.1) is 16.7 Å². The van der Waals surface area contributed by atoms with E-state index in [1.165, 1.54) is 19.3 Å². The minimum Gasteiger partial charge on any atom is -0.222 e. The first kappa shape index (κ1) is 10.9. The fourth-order valence-electron chi connectivity index (χ4n) is 2.35. The lowest BCUT2D eigenvalue weighted by Gasteiger charge is -2.34. The molecule has 1 saturated carbocycles. The van der Waals surface area contributed by atoms with Crippen molar-refractivity contribution in [3.05, 3.63) is 5.82 Å². The van der Waals surface area contributed by atoms with Gasteiger partial charge in [0.25, 0.3) is 0 Å². The first-order chi connectivity index (χ1) is 7.13. The Labute approximate surface area is 95.0 Å². The van der Waals surface area contributed by atoms with Crippen molar-refractivity contribution in [2.45, 2.75) is 56.9 Å². The van der Waals surface area contributed by atoms with Gasteiger partial charge in [-0.3, -0.25) is 0 Å². The minimum absolute atomic E-state index is 0.0697. The summed E-state index contributed by atoms with van der Waals surface area (Å²) in [6.07, 6.45) is 6.13. The van der Waals surface area contributed by atoms with E-state index in [4.69, 9.17) is 11.6 Å². The molecule has 0 bridgehead atoms. The van der Waals surface area contributed by atoms with Crippen molar-refractivity contribution in [2.75, 3.05) is 0 Å². The summed E-state index contributed by atoms with van der Waals surface area (Å²) in [4.78, 5) is 0.